The van der Waals surface area contributed by atoms with Crippen molar-refractivity contribution < 1.29 is 19.1 Å². The van der Waals surface area contributed by atoms with Crippen LogP contribution in [0.25, 0.3) is 0 Å². The predicted molar refractivity (Wildman–Crippen MR) is 127 cm³/mol. The molecule has 0 fully saturated rings. The largest absolute Gasteiger partial charge is 0.490 e. The highest BCUT2D eigenvalue weighted by Gasteiger charge is 2.15. The molecule has 3 rings (SSSR count). The maximum absolute atomic E-state index is 12.6. The number of hydrogen-bond donors (Lipinski definition) is 2. The van der Waals surface area contributed by atoms with Crippen molar-refractivity contribution in [2.45, 2.75) is 25.1 Å². The van der Waals surface area contributed by atoms with Crippen LogP contribution in [-0.4, -0.2) is 41.0 Å². The fourth-order valence-electron chi connectivity index (χ4n) is 2.64. The minimum Gasteiger partial charge on any atom is -0.490 e. The summed E-state index contributed by atoms with van der Waals surface area (Å²) in [6, 6.07) is 12.6. The van der Waals surface area contributed by atoms with E-state index in [0.29, 0.717) is 39.7 Å². The number of carbonyl (C=O) groups excluding carboxylic acids is 2. The van der Waals surface area contributed by atoms with Gasteiger partial charge in [0, 0.05) is 11.3 Å². The normalized spacial score (nSPS) is 10.5. The maximum Gasteiger partial charge on any atom is 0.257 e. The molecule has 0 aliphatic rings. The zero-order valence-electron chi connectivity index (χ0n) is 18.0. The number of ether oxygens (including phenoxy) is 2. The van der Waals surface area contributed by atoms with Crippen LogP contribution in [0.5, 0.6) is 11.5 Å². The van der Waals surface area contributed by atoms with Crippen molar-refractivity contribution in [1.82, 2.24) is 10.2 Å². The van der Waals surface area contributed by atoms with Gasteiger partial charge in [0.2, 0.25) is 11.0 Å². The molecule has 2 N–H and O–H groups in total. The van der Waals surface area contributed by atoms with Crippen molar-refractivity contribution in [2.24, 2.45) is 0 Å². The average molecular weight is 473 g/mol. The van der Waals surface area contributed by atoms with E-state index in [2.05, 4.69) is 20.8 Å². The van der Waals surface area contributed by atoms with Crippen molar-refractivity contribution in [3.05, 3.63) is 53.6 Å². The molecule has 0 saturated carbocycles. The summed E-state index contributed by atoms with van der Waals surface area (Å²) in [5.74, 6) is 0.809. The first-order valence-electron chi connectivity index (χ1n) is 10.0. The number of nitrogens with zero attached hydrogens (tertiary/aromatic N) is 2. The summed E-state index contributed by atoms with van der Waals surface area (Å²) in [6.45, 7) is 6.69. The molecule has 168 valence electrons. The molecule has 0 saturated heterocycles. The van der Waals surface area contributed by atoms with E-state index in [1.807, 2.05) is 45.0 Å². The smallest absolute Gasteiger partial charge is 0.257 e. The van der Waals surface area contributed by atoms with Crippen LogP contribution in [-0.2, 0) is 4.79 Å². The quantitative estimate of drug-likeness (QED) is 0.328. The molecule has 0 aliphatic carbocycles. The van der Waals surface area contributed by atoms with E-state index in [0.717, 1.165) is 11.3 Å². The summed E-state index contributed by atoms with van der Waals surface area (Å²) in [5.41, 5.74) is 2.28. The number of anilines is 2. The fourth-order valence-corrected chi connectivity index (χ4v) is 4.19. The first kappa shape index (κ1) is 23.6. The molecular formula is C22H24N4O4S2. The molecule has 0 unspecified atom stereocenters. The van der Waals surface area contributed by atoms with E-state index in [4.69, 9.17) is 9.47 Å². The third-order valence-electron chi connectivity index (χ3n) is 4.09. The molecule has 8 nitrogen and oxygen atoms in total. The van der Waals surface area contributed by atoms with Gasteiger partial charge in [0.25, 0.3) is 5.91 Å². The van der Waals surface area contributed by atoms with Crippen LogP contribution in [0.2, 0.25) is 0 Å². The molecule has 2 amide bonds. The number of carbonyl (C=O) groups is 2. The molecule has 32 heavy (non-hydrogen) atoms. The lowest BCUT2D eigenvalue weighted by molar-refractivity contribution is -0.113. The van der Waals surface area contributed by atoms with Crippen LogP contribution in [0.4, 0.5) is 10.8 Å². The fraction of sp³-hybridized carbons (Fsp3) is 0.273. The van der Waals surface area contributed by atoms with Crippen LogP contribution < -0.4 is 20.1 Å². The Labute approximate surface area is 194 Å². The van der Waals surface area contributed by atoms with Crippen LogP contribution >= 0.6 is 23.1 Å². The number of nitrogens with one attached hydrogen (secondary N) is 2. The monoisotopic (exact) mass is 472 g/mol. The summed E-state index contributed by atoms with van der Waals surface area (Å²) in [7, 11) is 0. The van der Waals surface area contributed by atoms with Crippen LogP contribution in [0.3, 0.4) is 0 Å². The minimum atomic E-state index is -0.334. The Balaban J connectivity index is 1.55. The number of benzene rings is 2. The van der Waals surface area contributed by atoms with Gasteiger partial charge in [-0.25, -0.2) is 0 Å². The summed E-state index contributed by atoms with van der Waals surface area (Å²) in [4.78, 5) is 24.7. The molecule has 0 atom stereocenters. The summed E-state index contributed by atoms with van der Waals surface area (Å²) < 4.78 is 11.7. The molecule has 3 aromatic rings. The van der Waals surface area contributed by atoms with E-state index in [1.54, 1.807) is 18.2 Å². The van der Waals surface area contributed by atoms with Gasteiger partial charge >= 0.3 is 0 Å². The number of hydrogen-bond acceptors (Lipinski definition) is 8. The van der Waals surface area contributed by atoms with Crippen molar-refractivity contribution in [3.63, 3.8) is 0 Å². The summed E-state index contributed by atoms with van der Waals surface area (Å²) in [6.07, 6.45) is 0. The topological polar surface area (TPSA) is 102 Å². The van der Waals surface area contributed by atoms with E-state index in [-0.39, 0.29) is 17.6 Å². The lowest BCUT2D eigenvalue weighted by atomic mass is 10.2. The Kier molecular flexibility index (Phi) is 8.46. The molecule has 0 aliphatic heterocycles. The zero-order chi connectivity index (χ0) is 22.9. The van der Waals surface area contributed by atoms with E-state index >= 15 is 0 Å². The van der Waals surface area contributed by atoms with Gasteiger partial charge in [0.05, 0.1) is 19.0 Å². The van der Waals surface area contributed by atoms with Crippen molar-refractivity contribution >= 4 is 45.7 Å². The molecule has 0 spiro atoms. The van der Waals surface area contributed by atoms with Crippen molar-refractivity contribution in [1.29, 1.82) is 0 Å². The second-order valence-electron chi connectivity index (χ2n) is 6.56. The highest BCUT2D eigenvalue weighted by atomic mass is 32.2. The lowest BCUT2D eigenvalue weighted by Gasteiger charge is -2.12. The molecule has 2 aromatic carbocycles. The first-order valence-corrected chi connectivity index (χ1v) is 11.8. The number of rotatable bonds is 10. The highest BCUT2D eigenvalue weighted by Crippen LogP contribution is 2.30. The molecule has 1 heterocycles. The van der Waals surface area contributed by atoms with E-state index in [9.17, 15) is 9.59 Å². The van der Waals surface area contributed by atoms with Crippen molar-refractivity contribution in [3.8, 4) is 11.5 Å². The second-order valence-corrected chi connectivity index (χ2v) is 8.76. The van der Waals surface area contributed by atoms with Crippen LogP contribution in [0.15, 0.2) is 46.8 Å². The molecule has 10 heteroatoms. The predicted octanol–water partition coefficient (Wildman–Crippen LogP) is 4.63. The van der Waals surface area contributed by atoms with Gasteiger partial charge in [-0.2, -0.15) is 0 Å². The van der Waals surface area contributed by atoms with E-state index < -0.39 is 0 Å². The highest BCUT2D eigenvalue weighted by molar-refractivity contribution is 8.01. The lowest BCUT2D eigenvalue weighted by Crippen LogP contribution is -2.13. The first-order chi connectivity index (χ1) is 15.5. The second kappa shape index (κ2) is 11.5. The van der Waals surface area contributed by atoms with Crippen LogP contribution in [0, 0.1) is 6.92 Å². The average Bonchev–Trinajstić information content (AvgIpc) is 3.22. The third-order valence-corrected chi connectivity index (χ3v) is 6.07. The molecule has 0 bridgehead atoms. The van der Waals surface area contributed by atoms with Gasteiger partial charge < -0.3 is 14.8 Å². The molecule has 0 radical (unpaired) electrons. The number of aromatic nitrogens is 2. The number of aryl methyl sites for hydroxylation is 1. The van der Waals surface area contributed by atoms with Gasteiger partial charge in [-0.05, 0) is 51.1 Å². The Morgan fingerprint density at radius 3 is 2.41 bits per heavy atom. The summed E-state index contributed by atoms with van der Waals surface area (Å²) >= 11 is 2.46. The number of amides is 2. The van der Waals surface area contributed by atoms with Gasteiger partial charge in [-0.15, -0.1) is 10.2 Å². The Hall–Kier alpha value is -3.11. The Morgan fingerprint density at radius 1 is 0.969 bits per heavy atom. The van der Waals surface area contributed by atoms with Gasteiger partial charge in [-0.3, -0.25) is 14.9 Å². The van der Waals surface area contributed by atoms with Gasteiger partial charge in [0.15, 0.2) is 15.8 Å². The third kappa shape index (κ3) is 6.69. The minimum absolute atomic E-state index is 0.141. The standard InChI is InChI=1S/C22H24N4O4S2/c1-4-29-17-11-8-15(12-18(17)30-5-2)20(28)24-21-25-26-22(32-21)31-13-19(27)23-16-9-6-14(3)7-10-16/h6-12H,4-5,13H2,1-3H3,(H,23,27)(H,24,25,28). The maximum atomic E-state index is 12.6. The van der Waals surface area contributed by atoms with Gasteiger partial charge in [-0.1, -0.05) is 40.8 Å². The summed E-state index contributed by atoms with van der Waals surface area (Å²) in [5, 5.41) is 13.9. The van der Waals surface area contributed by atoms with Crippen molar-refractivity contribution in [2.75, 3.05) is 29.6 Å². The molecule has 1 aromatic heterocycles. The Morgan fingerprint density at radius 2 is 1.69 bits per heavy atom. The zero-order valence-corrected chi connectivity index (χ0v) is 19.6. The number of thioether (sulfide) groups is 1. The SMILES string of the molecule is CCOc1ccc(C(=O)Nc2nnc(SCC(=O)Nc3ccc(C)cc3)s2)cc1OCC. The van der Waals surface area contributed by atoms with Crippen LogP contribution in [0.1, 0.15) is 29.8 Å². The van der Waals surface area contributed by atoms with E-state index in [1.165, 1.54) is 23.1 Å². The Bertz CT molecular complexity index is 1070. The van der Waals surface area contributed by atoms with Gasteiger partial charge in [0.1, 0.15) is 0 Å². The molecular weight excluding hydrogens is 448 g/mol.